The fraction of sp³-hybridized carbons (Fsp3) is 0.174. The second-order valence-corrected chi connectivity index (χ2v) is 8.02. The molecule has 0 spiro atoms. The number of ether oxygens (including phenoxy) is 1. The highest BCUT2D eigenvalue weighted by molar-refractivity contribution is 8.03. The summed E-state index contributed by atoms with van der Waals surface area (Å²) >= 11 is 7.18. The molecule has 31 heavy (non-hydrogen) atoms. The maximum atomic E-state index is 13.1. The standard InChI is InChI=1S/C23H20ClN3O3S/c1-2-30-23(29)20-19(14-8-10-16(24)11-9-14)17(12-25)22(31-13-18(26)28)27-21(20)15-6-4-3-5-7-15/h3-11,19,27H,2,13H2,1H3,(H2,26,28)/t19-/m0/s1. The number of carbonyl (C=O) groups is 2. The minimum Gasteiger partial charge on any atom is -0.463 e. The van der Waals surface area contributed by atoms with E-state index in [1.54, 1.807) is 31.2 Å². The molecule has 0 unspecified atom stereocenters. The van der Waals surface area contributed by atoms with Crippen LogP contribution in [0, 0.1) is 11.3 Å². The van der Waals surface area contributed by atoms with Gasteiger partial charge in [0, 0.05) is 5.02 Å². The molecule has 8 heteroatoms. The first kappa shape index (κ1) is 22.5. The van der Waals surface area contributed by atoms with Crippen LogP contribution in [0.25, 0.3) is 5.70 Å². The molecule has 158 valence electrons. The molecule has 0 radical (unpaired) electrons. The monoisotopic (exact) mass is 453 g/mol. The molecule has 0 aliphatic carbocycles. The van der Waals surface area contributed by atoms with Gasteiger partial charge < -0.3 is 15.8 Å². The van der Waals surface area contributed by atoms with Crippen molar-refractivity contribution >= 4 is 40.9 Å². The number of nitrogens with zero attached hydrogens (tertiary/aromatic N) is 1. The Morgan fingerprint density at radius 3 is 2.45 bits per heavy atom. The third-order valence-corrected chi connectivity index (χ3v) is 5.86. The lowest BCUT2D eigenvalue weighted by Gasteiger charge is -2.30. The molecule has 0 bridgehead atoms. The van der Waals surface area contributed by atoms with Crippen LogP contribution in [0.2, 0.25) is 5.02 Å². The van der Waals surface area contributed by atoms with Crippen molar-refractivity contribution < 1.29 is 14.3 Å². The van der Waals surface area contributed by atoms with Gasteiger partial charge in [0.1, 0.15) is 0 Å². The van der Waals surface area contributed by atoms with Gasteiger partial charge in [-0.1, -0.05) is 65.8 Å². The normalized spacial score (nSPS) is 15.8. The van der Waals surface area contributed by atoms with Gasteiger partial charge in [-0.05, 0) is 30.2 Å². The number of primary amides is 1. The van der Waals surface area contributed by atoms with E-state index in [9.17, 15) is 14.9 Å². The van der Waals surface area contributed by atoms with Crippen molar-refractivity contribution in [1.29, 1.82) is 5.26 Å². The van der Waals surface area contributed by atoms with Crippen molar-refractivity contribution in [2.45, 2.75) is 12.8 Å². The van der Waals surface area contributed by atoms with E-state index in [2.05, 4.69) is 11.4 Å². The lowest BCUT2D eigenvalue weighted by atomic mass is 9.81. The molecule has 0 aromatic heterocycles. The minimum absolute atomic E-state index is 0.0162. The maximum Gasteiger partial charge on any atom is 0.337 e. The third kappa shape index (κ3) is 5.10. The zero-order valence-corrected chi connectivity index (χ0v) is 18.3. The second kappa shape index (κ2) is 10.2. The van der Waals surface area contributed by atoms with Gasteiger partial charge in [0.2, 0.25) is 5.91 Å². The Morgan fingerprint density at radius 1 is 1.19 bits per heavy atom. The van der Waals surface area contributed by atoms with E-state index >= 15 is 0 Å². The molecule has 0 saturated heterocycles. The summed E-state index contributed by atoms with van der Waals surface area (Å²) in [7, 11) is 0. The number of dihydropyridines is 1. The number of hydrogen-bond donors (Lipinski definition) is 2. The molecule has 2 aromatic carbocycles. The van der Waals surface area contributed by atoms with Crippen LogP contribution in [-0.2, 0) is 14.3 Å². The predicted molar refractivity (Wildman–Crippen MR) is 122 cm³/mol. The number of hydrogen-bond acceptors (Lipinski definition) is 6. The van der Waals surface area contributed by atoms with E-state index in [-0.39, 0.29) is 12.4 Å². The Bertz CT molecular complexity index is 1090. The number of thioether (sulfide) groups is 1. The summed E-state index contributed by atoms with van der Waals surface area (Å²) in [5, 5.41) is 14.2. The molecule has 0 saturated carbocycles. The van der Waals surface area contributed by atoms with E-state index < -0.39 is 17.8 Å². The lowest BCUT2D eigenvalue weighted by molar-refractivity contribution is -0.138. The predicted octanol–water partition coefficient (Wildman–Crippen LogP) is 3.95. The van der Waals surface area contributed by atoms with Gasteiger partial charge in [-0.15, -0.1) is 0 Å². The summed E-state index contributed by atoms with van der Waals surface area (Å²) in [6.07, 6.45) is 0. The van der Waals surface area contributed by atoms with Gasteiger partial charge in [-0.25, -0.2) is 4.79 Å². The number of rotatable bonds is 7. The average molecular weight is 454 g/mol. The first-order valence-electron chi connectivity index (χ1n) is 9.50. The molecule has 3 N–H and O–H groups in total. The maximum absolute atomic E-state index is 13.1. The number of esters is 1. The molecule has 1 aliphatic rings. The number of nitrogens with one attached hydrogen (secondary N) is 1. The Labute approximate surface area is 189 Å². The summed E-state index contributed by atoms with van der Waals surface area (Å²) in [5.74, 6) is -1.76. The smallest absolute Gasteiger partial charge is 0.337 e. The number of benzene rings is 2. The molecule has 1 aliphatic heterocycles. The van der Waals surface area contributed by atoms with Crippen LogP contribution in [0.1, 0.15) is 24.0 Å². The van der Waals surface area contributed by atoms with Crippen LogP contribution in [0.15, 0.2) is 70.8 Å². The van der Waals surface area contributed by atoms with Crippen LogP contribution in [0.5, 0.6) is 0 Å². The van der Waals surface area contributed by atoms with Crippen molar-refractivity contribution in [3.05, 3.63) is 86.9 Å². The molecule has 0 fully saturated rings. The molecule has 6 nitrogen and oxygen atoms in total. The molecular formula is C23H20ClN3O3S. The first-order chi connectivity index (χ1) is 15.0. The van der Waals surface area contributed by atoms with Crippen LogP contribution >= 0.6 is 23.4 Å². The Hall–Kier alpha value is -3.21. The van der Waals surface area contributed by atoms with E-state index in [4.69, 9.17) is 22.1 Å². The van der Waals surface area contributed by atoms with Crippen LogP contribution in [0.4, 0.5) is 0 Å². The Kier molecular flexibility index (Phi) is 7.40. The van der Waals surface area contributed by atoms with Crippen molar-refractivity contribution in [3.63, 3.8) is 0 Å². The van der Waals surface area contributed by atoms with Crippen molar-refractivity contribution in [2.75, 3.05) is 12.4 Å². The van der Waals surface area contributed by atoms with Crippen molar-refractivity contribution in [3.8, 4) is 6.07 Å². The van der Waals surface area contributed by atoms with Gasteiger partial charge in [0.15, 0.2) is 0 Å². The molecular weight excluding hydrogens is 434 g/mol. The lowest BCUT2D eigenvalue weighted by Crippen LogP contribution is -2.29. The number of halogens is 1. The zero-order chi connectivity index (χ0) is 22.4. The van der Waals surface area contributed by atoms with Crippen molar-refractivity contribution in [1.82, 2.24) is 5.32 Å². The summed E-state index contributed by atoms with van der Waals surface area (Å²) < 4.78 is 5.36. The third-order valence-electron chi connectivity index (χ3n) is 4.57. The molecule has 1 amide bonds. The number of allylic oxidation sites excluding steroid dienone is 1. The van der Waals surface area contributed by atoms with Gasteiger partial charge >= 0.3 is 5.97 Å². The molecule has 3 rings (SSSR count). The van der Waals surface area contributed by atoms with Crippen LogP contribution in [0.3, 0.4) is 0 Å². The molecule has 2 aromatic rings. The Morgan fingerprint density at radius 2 is 1.87 bits per heavy atom. The van der Waals surface area contributed by atoms with Gasteiger partial charge in [0.25, 0.3) is 0 Å². The van der Waals surface area contributed by atoms with E-state index in [1.165, 1.54) is 0 Å². The summed E-state index contributed by atoms with van der Waals surface area (Å²) in [5.41, 5.74) is 7.92. The highest BCUT2D eigenvalue weighted by Gasteiger charge is 2.37. The summed E-state index contributed by atoms with van der Waals surface area (Å²) in [4.78, 5) is 24.5. The number of carbonyl (C=O) groups excluding carboxylic acids is 2. The fourth-order valence-corrected chi connectivity index (χ4v) is 4.20. The molecule has 1 atom stereocenters. The summed E-state index contributed by atoms with van der Waals surface area (Å²) in [6, 6.07) is 18.4. The van der Waals surface area contributed by atoms with Gasteiger partial charge in [0.05, 0.1) is 46.2 Å². The second-order valence-electron chi connectivity index (χ2n) is 6.59. The summed E-state index contributed by atoms with van der Waals surface area (Å²) in [6.45, 7) is 1.91. The van der Waals surface area contributed by atoms with E-state index in [1.807, 2.05) is 30.3 Å². The molecule has 1 heterocycles. The Balaban J connectivity index is 2.26. The quantitative estimate of drug-likeness (QED) is 0.615. The van der Waals surface area contributed by atoms with E-state index in [0.29, 0.717) is 32.5 Å². The minimum atomic E-state index is -0.701. The number of nitrogens with two attached hydrogens (primary N) is 1. The highest BCUT2D eigenvalue weighted by atomic mass is 35.5. The van der Waals surface area contributed by atoms with E-state index in [0.717, 1.165) is 17.3 Å². The SMILES string of the molecule is CCOC(=O)C1=C(c2ccccc2)NC(SCC(N)=O)=C(C#N)[C@@H]1c1ccc(Cl)cc1. The van der Waals surface area contributed by atoms with Crippen molar-refractivity contribution in [2.24, 2.45) is 5.73 Å². The van der Waals surface area contributed by atoms with Gasteiger partial charge in [-0.2, -0.15) is 5.26 Å². The highest BCUT2D eigenvalue weighted by Crippen LogP contribution is 2.43. The topological polar surface area (TPSA) is 105 Å². The van der Waals surface area contributed by atoms with Crippen LogP contribution in [-0.4, -0.2) is 24.2 Å². The zero-order valence-electron chi connectivity index (χ0n) is 16.7. The van der Waals surface area contributed by atoms with Crippen LogP contribution < -0.4 is 11.1 Å². The number of nitriles is 1. The number of amides is 1. The average Bonchev–Trinajstić information content (AvgIpc) is 2.77. The van der Waals surface area contributed by atoms with Gasteiger partial charge in [-0.3, -0.25) is 4.79 Å². The largest absolute Gasteiger partial charge is 0.463 e. The first-order valence-corrected chi connectivity index (χ1v) is 10.9. The fourth-order valence-electron chi connectivity index (χ4n) is 3.29.